The Hall–Kier alpha value is -4.72. The third-order valence-corrected chi connectivity index (χ3v) is 5.25. The first-order valence-electron chi connectivity index (χ1n) is 9.84. The van der Waals surface area contributed by atoms with Gasteiger partial charge in [0.2, 0.25) is 0 Å². The number of hydrogen-bond donors (Lipinski definition) is 4. The van der Waals surface area contributed by atoms with E-state index in [0.717, 1.165) is 0 Å². The SMILES string of the molecule is O=C(O)c1cc(-c2ccncc2)cc(Cc2cc(-c3ccncc3)cc(C(=O)O)c2O)c1O. The van der Waals surface area contributed by atoms with Crippen molar-refractivity contribution in [3.8, 4) is 33.8 Å². The van der Waals surface area contributed by atoms with Gasteiger partial charge in [-0.05, 0) is 81.9 Å². The maximum Gasteiger partial charge on any atom is 0.339 e. The lowest BCUT2D eigenvalue weighted by molar-refractivity contribution is 0.0682. The Morgan fingerprint density at radius 2 is 0.970 bits per heavy atom. The summed E-state index contributed by atoms with van der Waals surface area (Å²) >= 11 is 0. The first-order chi connectivity index (χ1) is 15.8. The zero-order valence-electron chi connectivity index (χ0n) is 17.1. The average Bonchev–Trinajstić information content (AvgIpc) is 2.82. The van der Waals surface area contributed by atoms with Crippen LogP contribution >= 0.6 is 0 Å². The molecule has 0 atom stereocenters. The smallest absolute Gasteiger partial charge is 0.339 e. The number of aromatic nitrogens is 2. The van der Waals surface area contributed by atoms with Gasteiger partial charge in [0.1, 0.15) is 22.6 Å². The zero-order chi connectivity index (χ0) is 23.5. The molecule has 8 nitrogen and oxygen atoms in total. The molecule has 2 aromatic carbocycles. The summed E-state index contributed by atoms with van der Waals surface area (Å²) in [6, 6.07) is 12.7. The van der Waals surface area contributed by atoms with Crippen molar-refractivity contribution >= 4 is 11.9 Å². The fourth-order valence-electron chi connectivity index (χ4n) is 3.61. The van der Waals surface area contributed by atoms with E-state index in [9.17, 15) is 30.0 Å². The van der Waals surface area contributed by atoms with Crippen molar-refractivity contribution in [2.45, 2.75) is 6.42 Å². The van der Waals surface area contributed by atoms with Crippen molar-refractivity contribution in [2.24, 2.45) is 0 Å². The van der Waals surface area contributed by atoms with E-state index in [0.29, 0.717) is 22.3 Å². The van der Waals surface area contributed by atoms with Gasteiger partial charge in [-0.25, -0.2) is 9.59 Å². The number of carboxylic acid groups (broad SMARTS) is 2. The van der Waals surface area contributed by atoms with Crippen molar-refractivity contribution in [1.82, 2.24) is 9.97 Å². The van der Waals surface area contributed by atoms with Crippen LogP contribution in [-0.2, 0) is 6.42 Å². The molecule has 33 heavy (non-hydrogen) atoms. The number of rotatable bonds is 6. The van der Waals surface area contributed by atoms with Gasteiger partial charge in [0.25, 0.3) is 0 Å². The van der Waals surface area contributed by atoms with Crippen LogP contribution in [0.15, 0.2) is 73.3 Å². The van der Waals surface area contributed by atoms with E-state index >= 15 is 0 Å². The number of aromatic hydroxyl groups is 2. The molecule has 0 bridgehead atoms. The molecule has 8 heteroatoms. The largest absolute Gasteiger partial charge is 0.507 e. The summed E-state index contributed by atoms with van der Waals surface area (Å²) in [5.74, 6) is -3.53. The number of nitrogens with zero attached hydrogens (tertiary/aromatic N) is 2. The lowest BCUT2D eigenvalue weighted by Gasteiger charge is -2.15. The molecule has 0 amide bonds. The summed E-state index contributed by atoms with van der Waals surface area (Å²) < 4.78 is 0. The van der Waals surface area contributed by atoms with Crippen LogP contribution < -0.4 is 0 Å². The van der Waals surface area contributed by atoms with Crippen molar-refractivity contribution in [3.63, 3.8) is 0 Å². The third-order valence-electron chi connectivity index (χ3n) is 5.25. The van der Waals surface area contributed by atoms with E-state index in [1.165, 1.54) is 12.1 Å². The van der Waals surface area contributed by atoms with Crippen LogP contribution in [0.4, 0.5) is 0 Å². The van der Waals surface area contributed by atoms with Gasteiger partial charge < -0.3 is 20.4 Å². The number of aromatic carboxylic acids is 2. The summed E-state index contributed by atoms with van der Waals surface area (Å²) in [5, 5.41) is 40.5. The number of hydrogen-bond acceptors (Lipinski definition) is 6. The first kappa shape index (κ1) is 21.5. The van der Waals surface area contributed by atoms with E-state index < -0.39 is 23.4 Å². The highest BCUT2D eigenvalue weighted by atomic mass is 16.4. The molecule has 4 rings (SSSR count). The molecule has 164 valence electrons. The highest BCUT2D eigenvalue weighted by Gasteiger charge is 2.21. The van der Waals surface area contributed by atoms with Crippen LogP contribution in [0, 0.1) is 0 Å². The summed E-state index contributed by atoms with van der Waals surface area (Å²) in [6.45, 7) is 0. The summed E-state index contributed by atoms with van der Waals surface area (Å²) in [6.07, 6.45) is 6.14. The summed E-state index contributed by atoms with van der Waals surface area (Å²) in [5.41, 5.74) is 2.28. The molecule has 0 unspecified atom stereocenters. The van der Waals surface area contributed by atoms with E-state index in [2.05, 4.69) is 9.97 Å². The molecule has 4 N–H and O–H groups in total. The van der Waals surface area contributed by atoms with Crippen LogP contribution in [0.25, 0.3) is 22.3 Å². The molecule has 4 aromatic rings. The van der Waals surface area contributed by atoms with Gasteiger partial charge in [-0.1, -0.05) is 0 Å². The maximum atomic E-state index is 11.8. The Balaban J connectivity index is 1.88. The molecule has 0 aliphatic rings. The van der Waals surface area contributed by atoms with E-state index in [-0.39, 0.29) is 28.7 Å². The van der Waals surface area contributed by atoms with Gasteiger partial charge in [0, 0.05) is 31.2 Å². The molecule has 0 fully saturated rings. The molecular weight excluding hydrogens is 424 g/mol. The van der Waals surface area contributed by atoms with Gasteiger partial charge in [0.05, 0.1) is 0 Å². The second-order valence-corrected chi connectivity index (χ2v) is 7.32. The lowest BCUT2D eigenvalue weighted by Crippen LogP contribution is -2.04. The Labute approximate surface area is 188 Å². The number of carbonyl (C=O) groups is 2. The van der Waals surface area contributed by atoms with E-state index in [4.69, 9.17) is 0 Å². The Morgan fingerprint density at radius 1 is 0.606 bits per heavy atom. The van der Waals surface area contributed by atoms with Crippen molar-refractivity contribution in [1.29, 1.82) is 0 Å². The van der Waals surface area contributed by atoms with E-state index in [1.807, 2.05) is 0 Å². The summed E-state index contributed by atoms with van der Waals surface area (Å²) in [7, 11) is 0. The Bertz CT molecular complexity index is 1250. The van der Waals surface area contributed by atoms with Gasteiger partial charge >= 0.3 is 11.9 Å². The highest BCUT2D eigenvalue weighted by molar-refractivity contribution is 5.94. The molecule has 2 heterocycles. The van der Waals surface area contributed by atoms with Crippen molar-refractivity contribution in [2.75, 3.05) is 0 Å². The van der Waals surface area contributed by atoms with Gasteiger partial charge in [-0.3, -0.25) is 9.97 Å². The quantitative estimate of drug-likeness (QED) is 0.348. The molecule has 0 aliphatic heterocycles. The minimum absolute atomic E-state index is 0.101. The molecular formula is C25H18N2O6. The van der Waals surface area contributed by atoms with Crippen LogP contribution in [-0.4, -0.2) is 42.3 Å². The van der Waals surface area contributed by atoms with Gasteiger partial charge in [0.15, 0.2) is 0 Å². The monoisotopic (exact) mass is 442 g/mol. The number of benzene rings is 2. The predicted molar refractivity (Wildman–Crippen MR) is 119 cm³/mol. The van der Waals surface area contributed by atoms with Crippen LogP contribution in [0.3, 0.4) is 0 Å². The normalized spacial score (nSPS) is 10.7. The standard InChI is InChI=1S/C25H18N2O6/c28-22-18(9-16(12-20(22)24(30)31)14-1-5-26-6-2-14)11-19-10-17(15-3-7-27-8-4-15)13-21(23(19)29)25(32)33/h1-10,12-13,28-29H,11H2,(H,30,31)(H,32,33). The Morgan fingerprint density at radius 3 is 1.30 bits per heavy atom. The fraction of sp³-hybridized carbons (Fsp3) is 0.0400. The van der Waals surface area contributed by atoms with Crippen molar-refractivity contribution in [3.05, 3.63) is 95.6 Å². The average molecular weight is 442 g/mol. The van der Waals surface area contributed by atoms with Crippen LogP contribution in [0.5, 0.6) is 11.5 Å². The van der Waals surface area contributed by atoms with Crippen molar-refractivity contribution < 1.29 is 30.0 Å². The molecule has 0 saturated heterocycles. The van der Waals surface area contributed by atoms with Gasteiger partial charge in [-0.2, -0.15) is 0 Å². The fourth-order valence-corrected chi connectivity index (χ4v) is 3.61. The van der Waals surface area contributed by atoms with E-state index in [1.54, 1.807) is 61.2 Å². The van der Waals surface area contributed by atoms with Crippen LogP contribution in [0.2, 0.25) is 0 Å². The molecule has 2 aromatic heterocycles. The minimum Gasteiger partial charge on any atom is -0.507 e. The highest BCUT2D eigenvalue weighted by Crippen LogP contribution is 2.36. The van der Waals surface area contributed by atoms with Gasteiger partial charge in [-0.15, -0.1) is 0 Å². The number of carboxylic acids is 2. The molecule has 0 aliphatic carbocycles. The first-order valence-corrected chi connectivity index (χ1v) is 9.84. The molecule has 0 saturated carbocycles. The minimum atomic E-state index is -1.31. The topological polar surface area (TPSA) is 141 Å². The number of phenols is 2. The van der Waals surface area contributed by atoms with Crippen LogP contribution in [0.1, 0.15) is 31.8 Å². The zero-order valence-corrected chi connectivity index (χ0v) is 17.1. The second-order valence-electron chi connectivity index (χ2n) is 7.32. The lowest BCUT2D eigenvalue weighted by atomic mass is 9.92. The Kier molecular flexibility index (Phi) is 5.73. The molecule has 0 radical (unpaired) electrons. The number of pyridine rings is 2. The predicted octanol–water partition coefficient (Wildman–Crippen LogP) is 4.21. The third kappa shape index (κ3) is 4.35. The maximum absolute atomic E-state index is 11.8. The summed E-state index contributed by atoms with van der Waals surface area (Å²) in [4.78, 5) is 31.4. The molecule has 0 spiro atoms. The second kappa shape index (κ2) is 8.80.